The van der Waals surface area contributed by atoms with Gasteiger partial charge in [0.15, 0.2) is 0 Å². The molecule has 2 atom stereocenters. The van der Waals surface area contributed by atoms with Crippen molar-refractivity contribution < 1.29 is 29.0 Å². The molecule has 152 valence electrons. The van der Waals surface area contributed by atoms with E-state index in [2.05, 4.69) is 10.6 Å². The Bertz CT molecular complexity index is 696. The van der Waals surface area contributed by atoms with Gasteiger partial charge in [-0.2, -0.15) is 0 Å². The summed E-state index contributed by atoms with van der Waals surface area (Å²) in [4.78, 5) is 37.3. The molecular weight excluding hydrogens is 366 g/mol. The lowest BCUT2D eigenvalue weighted by Gasteiger charge is -2.25. The van der Waals surface area contributed by atoms with E-state index in [0.717, 1.165) is 18.5 Å². The van der Waals surface area contributed by atoms with Crippen molar-refractivity contribution in [3.63, 3.8) is 0 Å². The Morgan fingerprint density at radius 1 is 1.25 bits per heavy atom. The van der Waals surface area contributed by atoms with Crippen molar-refractivity contribution in [2.75, 3.05) is 32.8 Å². The third-order valence-electron chi connectivity index (χ3n) is 4.83. The van der Waals surface area contributed by atoms with Gasteiger partial charge in [-0.25, -0.2) is 9.59 Å². The summed E-state index contributed by atoms with van der Waals surface area (Å²) in [5.74, 6) is -0.999. The minimum Gasteiger partial charge on any atom is -0.480 e. The molecular formula is C19H25N3O6. The van der Waals surface area contributed by atoms with Gasteiger partial charge in [0.1, 0.15) is 11.8 Å². The molecule has 1 aromatic rings. The van der Waals surface area contributed by atoms with Gasteiger partial charge in [-0.15, -0.1) is 0 Å². The lowest BCUT2D eigenvalue weighted by atomic mass is 10.1. The molecule has 0 spiro atoms. The highest BCUT2D eigenvalue weighted by Gasteiger charge is 2.27. The standard InChI is InChI=1S/C19H25N3O6/c23-17(15-2-1-7-20-15)21-16(18(24)25)12-13-3-5-14(6-4-13)28-19(26)22-8-10-27-11-9-22/h3-6,15-16,20H,1-2,7-12H2,(H,21,23)(H,24,25)/t15-,16-/m0/s1. The van der Waals surface area contributed by atoms with Gasteiger partial charge in [0.05, 0.1) is 19.3 Å². The van der Waals surface area contributed by atoms with Crippen LogP contribution in [-0.2, 0) is 20.7 Å². The molecule has 2 aliphatic heterocycles. The number of morpholine rings is 1. The zero-order chi connectivity index (χ0) is 19.9. The second kappa shape index (κ2) is 9.52. The summed E-state index contributed by atoms with van der Waals surface area (Å²) in [6, 6.07) is 5.27. The number of nitrogens with one attached hydrogen (secondary N) is 2. The van der Waals surface area contributed by atoms with Gasteiger partial charge in [-0.3, -0.25) is 4.79 Å². The second-order valence-corrected chi connectivity index (χ2v) is 6.86. The summed E-state index contributed by atoms with van der Waals surface area (Å²) in [6.07, 6.45) is 1.32. The Morgan fingerprint density at radius 3 is 2.57 bits per heavy atom. The molecule has 0 saturated carbocycles. The molecule has 9 heteroatoms. The number of ether oxygens (including phenoxy) is 2. The van der Waals surface area contributed by atoms with Crippen LogP contribution in [0.4, 0.5) is 4.79 Å². The van der Waals surface area contributed by atoms with Gasteiger partial charge in [0, 0.05) is 19.5 Å². The third-order valence-corrected chi connectivity index (χ3v) is 4.83. The predicted molar refractivity (Wildman–Crippen MR) is 99.2 cm³/mol. The molecule has 0 aromatic heterocycles. The summed E-state index contributed by atoms with van der Waals surface area (Å²) < 4.78 is 10.5. The van der Waals surface area contributed by atoms with Crippen molar-refractivity contribution in [1.29, 1.82) is 0 Å². The highest BCUT2D eigenvalue weighted by molar-refractivity contribution is 5.87. The highest BCUT2D eigenvalue weighted by Crippen LogP contribution is 2.15. The maximum Gasteiger partial charge on any atom is 0.415 e. The first kappa shape index (κ1) is 20.1. The van der Waals surface area contributed by atoms with Gasteiger partial charge in [-0.05, 0) is 37.1 Å². The van der Waals surface area contributed by atoms with Crippen LogP contribution >= 0.6 is 0 Å². The summed E-state index contributed by atoms with van der Waals surface area (Å²) in [6.45, 7) is 2.74. The molecule has 2 aliphatic rings. The minimum absolute atomic E-state index is 0.144. The molecule has 3 N–H and O–H groups in total. The van der Waals surface area contributed by atoms with Crippen LogP contribution in [0.15, 0.2) is 24.3 Å². The van der Waals surface area contributed by atoms with Crippen LogP contribution in [0.5, 0.6) is 5.75 Å². The van der Waals surface area contributed by atoms with Crippen LogP contribution in [0.25, 0.3) is 0 Å². The summed E-state index contributed by atoms with van der Waals surface area (Å²) in [7, 11) is 0. The zero-order valence-corrected chi connectivity index (χ0v) is 15.6. The van der Waals surface area contributed by atoms with Crippen molar-refractivity contribution in [3.8, 4) is 5.75 Å². The van der Waals surface area contributed by atoms with Crippen LogP contribution in [0.2, 0.25) is 0 Å². The van der Waals surface area contributed by atoms with Crippen LogP contribution in [-0.4, -0.2) is 72.9 Å². The Kier molecular flexibility index (Phi) is 6.83. The van der Waals surface area contributed by atoms with Gasteiger partial charge < -0.3 is 30.1 Å². The molecule has 3 rings (SSSR count). The normalized spacial score (nSPS) is 20.4. The van der Waals surface area contributed by atoms with E-state index in [0.29, 0.717) is 38.5 Å². The summed E-state index contributed by atoms with van der Waals surface area (Å²) in [5.41, 5.74) is 0.721. The largest absolute Gasteiger partial charge is 0.480 e. The number of amides is 2. The number of hydrogen-bond donors (Lipinski definition) is 3. The van der Waals surface area contributed by atoms with E-state index < -0.39 is 18.1 Å². The molecule has 28 heavy (non-hydrogen) atoms. The molecule has 0 aliphatic carbocycles. The lowest BCUT2D eigenvalue weighted by Crippen LogP contribution is -2.49. The Hall–Kier alpha value is -2.65. The van der Waals surface area contributed by atoms with Crippen LogP contribution < -0.4 is 15.4 Å². The first-order chi connectivity index (χ1) is 13.5. The summed E-state index contributed by atoms with van der Waals surface area (Å²) >= 11 is 0. The van der Waals surface area contributed by atoms with E-state index in [9.17, 15) is 19.5 Å². The first-order valence-electron chi connectivity index (χ1n) is 9.43. The lowest BCUT2D eigenvalue weighted by molar-refractivity contribution is -0.142. The number of hydrogen-bond acceptors (Lipinski definition) is 6. The van der Waals surface area contributed by atoms with Crippen molar-refractivity contribution in [3.05, 3.63) is 29.8 Å². The number of nitrogens with zero attached hydrogens (tertiary/aromatic N) is 1. The Labute approximate surface area is 163 Å². The fourth-order valence-electron chi connectivity index (χ4n) is 3.22. The maximum atomic E-state index is 12.2. The van der Waals surface area contributed by atoms with Gasteiger partial charge in [0.25, 0.3) is 0 Å². The van der Waals surface area contributed by atoms with E-state index >= 15 is 0 Å². The van der Waals surface area contributed by atoms with Crippen LogP contribution in [0.3, 0.4) is 0 Å². The molecule has 1 aromatic carbocycles. The number of carbonyl (C=O) groups is 3. The van der Waals surface area contributed by atoms with Gasteiger partial charge in [0.2, 0.25) is 5.91 Å². The highest BCUT2D eigenvalue weighted by atomic mass is 16.6. The number of carboxylic acids is 1. The quantitative estimate of drug-likeness (QED) is 0.642. The fraction of sp³-hybridized carbons (Fsp3) is 0.526. The predicted octanol–water partition coefficient (Wildman–Crippen LogP) is 0.382. The number of benzene rings is 1. The molecule has 0 unspecified atom stereocenters. The minimum atomic E-state index is -1.09. The third kappa shape index (κ3) is 5.43. The monoisotopic (exact) mass is 391 g/mol. The second-order valence-electron chi connectivity index (χ2n) is 6.86. The molecule has 2 heterocycles. The van der Waals surface area contributed by atoms with E-state index in [-0.39, 0.29) is 18.4 Å². The Morgan fingerprint density at radius 2 is 1.96 bits per heavy atom. The fourth-order valence-corrected chi connectivity index (χ4v) is 3.22. The van der Waals surface area contributed by atoms with Crippen molar-refractivity contribution >= 4 is 18.0 Å². The molecule has 0 radical (unpaired) electrons. The number of aliphatic carboxylic acids is 1. The number of rotatable bonds is 6. The number of carboxylic acid groups (broad SMARTS) is 1. The molecule has 9 nitrogen and oxygen atoms in total. The maximum absolute atomic E-state index is 12.2. The zero-order valence-electron chi connectivity index (χ0n) is 15.6. The average Bonchev–Trinajstić information content (AvgIpc) is 3.24. The van der Waals surface area contributed by atoms with Crippen molar-refractivity contribution in [2.45, 2.75) is 31.3 Å². The van der Waals surface area contributed by atoms with Gasteiger partial charge in [-0.1, -0.05) is 12.1 Å². The van der Waals surface area contributed by atoms with Crippen molar-refractivity contribution in [2.24, 2.45) is 0 Å². The number of carbonyl (C=O) groups excluding carboxylic acids is 2. The smallest absolute Gasteiger partial charge is 0.415 e. The first-order valence-corrected chi connectivity index (χ1v) is 9.43. The molecule has 0 bridgehead atoms. The Balaban J connectivity index is 1.54. The van der Waals surface area contributed by atoms with E-state index in [1.165, 1.54) is 0 Å². The van der Waals surface area contributed by atoms with Crippen molar-refractivity contribution in [1.82, 2.24) is 15.5 Å². The SMILES string of the molecule is O=C(O)[C@H](Cc1ccc(OC(=O)N2CCOCC2)cc1)NC(=O)[C@@H]1CCCN1. The van der Waals surface area contributed by atoms with E-state index in [4.69, 9.17) is 9.47 Å². The molecule has 2 fully saturated rings. The molecule has 2 amide bonds. The van der Waals surface area contributed by atoms with Crippen LogP contribution in [0.1, 0.15) is 18.4 Å². The van der Waals surface area contributed by atoms with Crippen LogP contribution in [0, 0.1) is 0 Å². The average molecular weight is 391 g/mol. The van der Waals surface area contributed by atoms with E-state index in [1.54, 1.807) is 29.2 Å². The topological polar surface area (TPSA) is 117 Å². The van der Waals surface area contributed by atoms with E-state index in [1.807, 2.05) is 0 Å². The van der Waals surface area contributed by atoms with Gasteiger partial charge >= 0.3 is 12.1 Å². The summed E-state index contributed by atoms with van der Waals surface area (Å²) in [5, 5.41) is 15.1. The molecule has 2 saturated heterocycles.